The second-order valence-corrected chi connectivity index (χ2v) is 12.6. The Balaban J connectivity index is 1.11. The van der Waals surface area contributed by atoms with Crippen molar-refractivity contribution in [3.8, 4) is 33.0 Å². The monoisotopic (exact) mass is 566 g/mol. The van der Waals surface area contributed by atoms with Gasteiger partial charge in [0.15, 0.2) is 0 Å². The molecule has 6 nitrogen and oxygen atoms in total. The van der Waals surface area contributed by atoms with Crippen LogP contribution in [0.15, 0.2) is 48.5 Å². The molecule has 3 N–H and O–H groups in total. The molecular formula is C34H42N6S. The van der Waals surface area contributed by atoms with Gasteiger partial charge in [0.25, 0.3) is 0 Å². The Hall–Kier alpha value is -3.26. The first-order chi connectivity index (χ1) is 20.1. The number of aromatic nitrogens is 2. The molecule has 0 bridgehead atoms. The van der Waals surface area contributed by atoms with Crippen molar-refractivity contribution >= 4 is 23.2 Å². The van der Waals surface area contributed by atoms with Gasteiger partial charge in [0, 0.05) is 70.0 Å². The van der Waals surface area contributed by atoms with E-state index in [1.165, 1.54) is 90.1 Å². The van der Waals surface area contributed by atoms with Gasteiger partial charge in [-0.1, -0.05) is 50.2 Å². The van der Waals surface area contributed by atoms with E-state index in [4.69, 9.17) is 10.5 Å². The second kappa shape index (κ2) is 12.3. The normalized spacial score (nSPS) is 15.3. The smallest absolute Gasteiger partial charge is 0.0963 e. The molecule has 0 unspecified atom stereocenters. The predicted octanol–water partition coefficient (Wildman–Crippen LogP) is 7.50. The van der Waals surface area contributed by atoms with Crippen LogP contribution in [0.2, 0.25) is 0 Å². The summed E-state index contributed by atoms with van der Waals surface area (Å²) in [5.41, 5.74) is 10.3. The number of rotatable bonds is 11. The Morgan fingerprint density at radius 3 is 2.46 bits per heavy atom. The topological polar surface area (TPSA) is 71.0 Å². The molecule has 1 aliphatic carbocycles. The molecular weight excluding hydrogens is 524 g/mol. The Bertz CT molecular complexity index is 1490. The molecule has 1 fully saturated rings. The predicted molar refractivity (Wildman–Crippen MR) is 173 cm³/mol. The van der Waals surface area contributed by atoms with Crippen LogP contribution in [-0.4, -0.2) is 65.5 Å². The first-order valence-corrected chi connectivity index (χ1v) is 16.0. The summed E-state index contributed by atoms with van der Waals surface area (Å²) in [5, 5.41) is 18.9. The molecule has 1 saturated heterocycles. The fraction of sp³-hybridized carbons (Fsp3) is 0.412. The number of aromatic amines is 1. The molecule has 41 heavy (non-hydrogen) atoms. The number of hydrogen-bond donors (Lipinski definition) is 3. The lowest BCUT2D eigenvalue weighted by Gasteiger charge is -2.38. The van der Waals surface area contributed by atoms with Gasteiger partial charge < -0.3 is 15.6 Å². The minimum atomic E-state index is 0.763. The highest BCUT2D eigenvalue weighted by Crippen LogP contribution is 2.46. The maximum absolute atomic E-state index is 7.64. The molecule has 2 aromatic heterocycles. The average molecular weight is 567 g/mol. The Kier molecular flexibility index (Phi) is 8.37. The fourth-order valence-electron chi connectivity index (χ4n) is 6.65. The third-order valence-corrected chi connectivity index (χ3v) is 9.96. The van der Waals surface area contributed by atoms with Gasteiger partial charge in [0.2, 0.25) is 0 Å². The Morgan fingerprint density at radius 2 is 1.78 bits per heavy atom. The SMILES string of the molecule is CCCN(CCC)C1CCN(Cc2ccc(-c3cc4c(s3)Cc3c(-c5ccc(C=N)c(NC)c5)n[nH]c3-4)cc2)CC1. The summed E-state index contributed by atoms with van der Waals surface area (Å²) in [6.45, 7) is 10.5. The summed E-state index contributed by atoms with van der Waals surface area (Å²) >= 11 is 1.90. The van der Waals surface area contributed by atoms with Crippen molar-refractivity contribution in [1.29, 1.82) is 5.41 Å². The van der Waals surface area contributed by atoms with Gasteiger partial charge in [-0.3, -0.25) is 10.00 Å². The summed E-state index contributed by atoms with van der Waals surface area (Å²) in [5.74, 6) is 0. The van der Waals surface area contributed by atoms with E-state index in [1.807, 2.05) is 24.5 Å². The Labute approximate surface area is 248 Å². The van der Waals surface area contributed by atoms with Crippen molar-refractivity contribution in [2.75, 3.05) is 38.5 Å². The maximum atomic E-state index is 7.64. The summed E-state index contributed by atoms with van der Waals surface area (Å²) in [4.78, 5) is 8.09. The lowest BCUT2D eigenvalue weighted by Crippen LogP contribution is -2.45. The molecule has 7 heteroatoms. The van der Waals surface area contributed by atoms with Crippen molar-refractivity contribution < 1.29 is 0 Å². The molecule has 2 aromatic carbocycles. The molecule has 214 valence electrons. The van der Waals surface area contributed by atoms with E-state index in [2.05, 4.69) is 76.5 Å². The van der Waals surface area contributed by atoms with Crippen molar-refractivity contribution in [2.24, 2.45) is 0 Å². The summed E-state index contributed by atoms with van der Waals surface area (Å²) in [6, 6.07) is 18.5. The molecule has 3 heterocycles. The van der Waals surface area contributed by atoms with Gasteiger partial charge in [-0.05, 0) is 75.1 Å². The maximum Gasteiger partial charge on any atom is 0.0963 e. The summed E-state index contributed by atoms with van der Waals surface area (Å²) in [6.07, 6.45) is 7.38. The fourth-order valence-corrected chi connectivity index (χ4v) is 7.83. The second-order valence-electron chi connectivity index (χ2n) is 11.5. The van der Waals surface area contributed by atoms with E-state index in [0.29, 0.717) is 0 Å². The van der Waals surface area contributed by atoms with Crippen LogP contribution in [0.1, 0.15) is 61.1 Å². The van der Waals surface area contributed by atoms with E-state index in [-0.39, 0.29) is 0 Å². The number of nitrogens with zero attached hydrogens (tertiary/aromatic N) is 3. The van der Waals surface area contributed by atoms with E-state index in [0.717, 1.165) is 47.2 Å². The van der Waals surface area contributed by atoms with Crippen molar-refractivity contribution in [3.63, 3.8) is 0 Å². The number of likely N-dealkylation sites (tertiary alicyclic amines) is 1. The van der Waals surface area contributed by atoms with Gasteiger partial charge in [-0.2, -0.15) is 5.10 Å². The number of nitrogens with one attached hydrogen (secondary N) is 3. The highest BCUT2D eigenvalue weighted by molar-refractivity contribution is 7.16. The van der Waals surface area contributed by atoms with Crippen LogP contribution in [0, 0.1) is 5.41 Å². The number of H-pyrrole nitrogens is 1. The number of fused-ring (bicyclic) bond motifs is 3. The standard InChI is InChI=1S/C34H42N6S/c1-4-14-40(15-5-2)27-12-16-39(17-13-27)22-23-6-8-24(9-7-23)31-19-28-32(41-31)20-29-33(37-38-34(28)29)25-10-11-26(21-35)30(18-25)36-3/h6-11,18-19,21,27,35-36H,4-5,12-17,20,22H2,1-3H3,(H,37,38). The molecule has 4 aromatic rings. The highest BCUT2D eigenvalue weighted by Gasteiger charge is 2.28. The van der Waals surface area contributed by atoms with Crippen LogP contribution in [-0.2, 0) is 13.0 Å². The summed E-state index contributed by atoms with van der Waals surface area (Å²) < 4.78 is 0. The van der Waals surface area contributed by atoms with Crippen molar-refractivity contribution in [3.05, 3.63) is 70.1 Å². The zero-order valence-electron chi connectivity index (χ0n) is 24.6. The first kappa shape index (κ1) is 27.9. The third kappa shape index (κ3) is 5.63. The van der Waals surface area contributed by atoms with Gasteiger partial charge in [-0.15, -0.1) is 11.3 Å². The quantitative estimate of drug-likeness (QED) is 0.145. The van der Waals surface area contributed by atoms with Gasteiger partial charge in [0.1, 0.15) is 0 Å². The molecule has 0 amide bonds. The van der Waals surface area contributed by atoms with Crippen molar-refractivity contribution in [1.82, 2.24) is 20.0 Å². The molecule has 0 spiro atoms. The molecule has 0 atom stereocenters. The molecule has 2 aliphatic rings. The van der Waals surface area contributed by atoms with Crippen LogP contribution in [0.25, 0.3) is 33.0 Å². The van der Waals surface area contributed by atoms with Crippen LogP contribution in [0.3, 0.4) is 0 Å². The highest BCUT2D eigenvalue weighted by atomic mass is 32.1. The number of thiophene rings is 1. The molecule has 6 rings (SSSR count). The Morgan fingerprint density at radius 1 is 1.05 bits per heavy atom. The molecule has 1 aliphatic heterocycles. The average Bonchev–Trinajstić information content (AvgIpc) is 3.69. The minimum Gasteiger partial charge on any atom is -0.388 e. The number of anilines is 1. The minimum absolute atomic E-state index is 0.763. The van der Waals surface area contributed by atoms with E-state index >= 15 is 0 Å². The number of hydrogen-bond acceptors (Lipinski definition) is 6. The van der Waals surface area contributed by atoms with Gasteiger partial charge in [0.05, 0.1) is 11.4 Å². The first-order valence-electron chi connectivity index (χ1n) is 15.2. The molecule has 0 radical (unpaired) electrons. The van der Waals surface area contributed by atoms with Crippen LogP contribution in [0.4, 0.5) is 5.69 Å². The van der Waals surface area contributed by atoms with Crippen molar-refractivity contribution in [2.45, 2.75) is 58.5 Å². The van der Waals surface area contributed by atoms with Crippen LogP contribution in [0.5, 0.6) is 0 Å². The zero-order valence-corrected chi connectivity index (χ0v) is 25.4. The van der Waals surface area contributed by atoms with E-state index in [1.54, 1.807) is 0 Å². The van der Waals surface area contributed by atoms with Gasteiger partial charge >= 0.3 is 0 Å². The van der Waals surface area contributed by atoms with Crippen LogP contribution >= 0.6 is 11.3 Å². The number of piperidine rings is 1. The largest absolute Gasteiger partial charge is 0.388 e. The molecule has 0 saturated carbocycles. The van der Waals surface area contributed by atoms with E-state index < -0.39 is 0 Å². The van der Waals surface area contributed by atoms with Gasteiger partial charge in [-0.25, -0.2) is 0 Å². The summed E-state index contributed by atoms with van der Waals surface area (Å²) in [7, 11) is 1.89. The lowest BCUT2D eigenvalue weighted by molar-refractivity contribution is 0.104. The zero-order chi connectivity index (χ0) is 28.3. The third-order valence-electron chi connectivity index (χ3n) is 8.77. The number of benzene rings is 2. The van der Waals surface area contributed by atoms with Crippen LogP contribution < -0.4 is 5.32 Å². The van der Waals surface area contributed by atoms with E-state index in [9.17, 15) is 0 Å². The lowest BCUT2D eigenvalue weighted by atomic mass is 10.0.